The van der Waals surface area contributed by atoms with Crippen LogP contribution in [-0.2, 0) is 4.79 Å². The third-order valence-electron chi connectivity index (χ3n) is 3.19. The lowest BCUT2D eigenvalue weighted by atomic mass is 10.2. The van der Waals surface area contributed by atoms with Crippen LogP contribution in [0.2, 0.25) is 0 Å². The molecule has 2 N–H and O–H groups in total. The van der Waals surface area contributed by atoms with E-state index < -0.39 is 18.0 Å². The van der Waals surface area contributed by atoms with Crippen LogP contribution in [-0.4, -0.2) is 48.8 Å². The number of urea groups is 1. The molecule has 0 aliphatic rings. The molecule has 0 saturated carbocycles. The third-order valence-corrected chi connectivity index (χ3v) is 3.19. The Morgan fingerprint density at radius 3 is 2.52 bits per heavy atom. The number of carbonyl (C=O) groups is 2. The Balaban J connectivity index is 2.93. The molecule has 8 heteroatoms. The summed E-state index contributed by atoms with van der Waals surface area (Å²) in [7, 11) is 2.96. The molecule has 0 radical (unpaired) electrons. The van der Waals surface area contributed by atoms with Crippen molar-refractivity contribution in [3.8, 4) is 17.6 Å². The fraction of sp³-hybridized carbons (Fsp3) is 0.400. The highest BCUT2D eigenvalue weighted by Crippen LogP contribution is 2.29. The highest BCUT2D eigenvalue weighted by atomic mass is 16.5. The van der Waals surface area contributed by atoms with Gasteiger partial charge in [0.2, 0.25) is 0 Å². The van der Waals surface area contributed by atoms with Crippen LogP contribution in [0.5, 0.6) is 11.5 Å². The van der Waals surface area contributed by atoms with Gasteiger partial charge in [-0.25, -0.2) is 9.59 Å². The van der Waals surface area contributed by atoms with Gasteiger partial charge in [-0.05, 0) is 19.1 Å². The van der Waals surface area contributed by atoms with Crippen LogP contribution in [0.3, 0.4) is 0 Å². The van der Waals surface area contributed by atoms with E-state index >= 15 is 0 Å². The van der Waals surface area contributed by atoms with E-state index in [0.29, 0.717) is 17.2 Å². The lowest BCUT2D eigenvalue weighted by Crippen LogP contribution is -2.45. The van der Waals surface area contributed by atoms with E-state index in [4.69, 9.17) is 19.8 Å². The number of carboxylic acids is 1. The second kappa shape index (κ2) is 8.48. The Morgan fingerprint density at radius 1 is 1.35 bits per heavy atom. The number of benzene rings is 1. The number of nitrogens with one attached hydrogen (secondary N) is 1. The summed E-state index contributed by atoms with van der Waals surface area (Å²) in [5.41, 5.74) is 0.423. The number of carboxylic acid groups (broad SMARTS) is 1. The van der Waals surface area contributed by atoms with Crippen molar-refractivity contribution in [2.45, 2.75) is 19.4 Å². The van der Waals surface area contributed by atoms with Gasteiger partial charge in [-0.3, -0.25) is 0 Å². The summed E-state index contributed by atoms with van der Waals surface area (Å²) in [6.07, 6.45) is 0.0387. The Bertz CT molecular complexity index is 612. The van der Waals surface area contributed by atoms with E-state index in [-0.39, 0.29) is 13.0 Å². The fourth-order valence-corrected chi connectivity index (χ4v) is 1.88. The molecule has 1 aromatic rings. The van der Waals surface area contributed by atoms with Crippen LogP contribution in [0, 0.1) is 11.3 Å². The van der Waals surface area contributed by atoms with E-state index in [1.165, 1.54) is 21.1 Å². The molecule has 0 bridgehead atoms. The topological polar surface area (TPSA) is 112 Å². The zero-order valence-electron chi connectivity index (χ0n) is 13.2. The molecule has 1 aromatic carbocycles. The molecule has 8 nitrogen and oxygen atoms in total. The number of nitriles is 1. The largest absolute Gasteiger partial charge is 0.493 e. The minimum Gasteiger partial charge on any atom is -0.493 e. The van der Waals surface area contributed by atoms with Crippen molar-refractivity contribution in [2.75, 3.05) is 26.1 Å². The van der Waals surface area contributed by atoms with E-state index in [9.17, 15) is 9.59 Å². The van der Waals surface area contributed by atoms with Gasteiger partial charge in [0.15, 0.2) is 11.5 Å². The van der Waals surface area contributed by atoms with Crippen LogP contribution in [0.25, 0.3) is 0 Å². The number of methoxy groups -OCH3 is 2. The smallest absolute Gasteiger partial charge is 0.326 e. The normalized spacial score (nSPS) is 11.0. The number of nitrogens with zero attached hydrogens (tertiary/aromatic N) is 2. The van der Waals surface area contributed by atoms with E-state index in [2.05, 4.69) is 5.32 Å². The first-order valence-electron chi connectivity index (χ1n) is 6.84. The van der Waals surface area contributed by atoms with Crippen molar-refractivity contribution in [1.82, 2.24) is 4.90 Å². The summed E-state index contributed by atoms with van der Waals surface area (Å²) < 4.78 is 10.2. The lowest BCUT2D eigenvalue weighted by Gasteiger charge is -2.26. The predicted octanol–water partition coefficient (Wildman–Crippen LogP) is 1.92. The van der Waals surface area contributed by atoms with Gasteiger partial charge in [-0.2, -0.15) is 5.26 Å². The van der Waals surface area contributed by atoms with Crippen LogP contribution in [0.4, 0.5) is 10.5 Å². The van der Waals surface area contributed by atoms with Gasteiger partial charge in [-0.1, -0.05) is 0 Å². The van der Waals surface area contributed by atoms with Gasteiger partial charge in [0.25, 0.3) is 0 Å². The standard InChI is InChI=1S/C15H19N3O5/c1-10(14(19)20)18(8-4-7-16)15(21)17-11-5-6-12(22-2)13(9-11)23-3/h5-6,9-10H,4,8H2,1-3H3,(H,17,21)(H,19,20). The van der Waals surface area contributed by atoms with Crippen LogP contribution >= 0.6 is 0 Å². The van der Waals surface area contributed by atoms with Gasteiger partial charge >= 0.3 is 12.0 Å². The second-order valence-corrected chi connectivity index (χ2v) is 4.62. The number of amides is 2. The first-order chi connectivity index (χ1) is 10.9. The van der Waals surface area contributed by atoms with E-state index in [1.54, 1.807) is 18.2 Å². The van der Waals surface area contributed by atoms with Crippen molar-refractivity contribution >= 4 is 17.7 Å². The van der Waals surface area contributed by atoms with Crippen LogP contribution < -0.4 is 14.8 Å². The average molecular weight is 321 g/mol. The minimum absolute atomic E-state index is 0.0170. The molecule has 0 heterocycles. The first kappa shape index (κ1) is 18.1. The number of rotatable bonds is 7. The molecule has 0 aromatic heterocycles. The maximum absolute atomic E-state index is 12.3. The van der Waals surface area contributed by atoms with E-state index in [0.717, 1.165) is 4.90 Å². The molecule has 0 saturated heterocycles. The minimum atomic E-state index is -1.15. The van der Waals surface area contributed by atoms with Crippen molar-refractivity contribution in [2.24, 2.45) is 0 Å². The monoisotopic (exact) mass is 321 g/mol. The first-order valence-corrected chi connectivity index (χ1v) is 6.84. The van der Waals surface area contributed by atoms with Gasteiger partial charge in [-0.15, -0.1) is 0 Å². The van der Waals surface area contributed by atoms with Gasteiger partial charge in [0.1, 0.15) is 6.04 Å². The molecule has 0 aliphatic carbocycles. The molecular formula is C15H19N3O5. The molecule has 0 aliphatic heterocycles. The van der Waals surface area contributed by atoms with Gasteiger partial charge in [0, 0.05) is 18.3 Å². The Morgan fingerprint density at radius 2 is 2.00 bits per heavy atom. The number of anilines is 1. The summed E-state index contributed by atoms with van der Waals surface area (Å²) in [4.78, 5) is 24.5. The zero-order chi connectivity index (χ0) is 17.4. The zero-order valence-corrected chi connectivity index (χ0v) is 13.2. The highest BCUT2D eigenvalue weighted by molar-refractivity contribution is 5.92. The maximum Gasteiger partial charge on any atom is 0.326 e. The molecule has 23 heavy (non-hydrogen) atoms. The molecule has 0 fully saturated rings. The highest BCUT2D eigenvalue weighted by Gasteiger charge is 2.25. The molecule has 1 unspecified atom stereocenters. The Hall–Kier alpha value is -2.95. The number of aliphatic carboxylic acids is 1. The average Bonchev–Trinajstić information content (AvgIpc) is 2.54. The van der Waals surface area contributed by atoms with Crippen molar-refractivity contribution in [1.29, 1.82) is 5.26 Å². The van der Waals surface area contributed by atoms with Gasteiger partial charge in [0.05, 0.1) is 26.7 Å². The fourth-order valence-electron chi connectivity index (χ4n) is 1.88. The number of ether oxygens (including phenoxy) is 2. The molecule has 124 valence electrons. The molecule has 1 atom stereocenters. The van der Waals surface area contributed by atoms with Crippen molar-refractivity contribution in [3.63, 3.8) is 0 Å². The van der Waals surface area contributed by atoms with Crippen LogP contribution in [0.15, 0.2) is 18.2 Å². The number of hydrogen-bond donors (Lipinski definition) is 2. The molecular weight excluding hydrogens is 302 g/mol. The third kappa shape index (κ3) is 4.78. The Labute approximate surface area is 134 Å². The summed E-state index contributed by atoms with van der Waals surface area (Å²) in [6.45, 7) is 1.40. The van der Waals surface area contributed by atoms with Gasteiger partial charge < -0.3 is 24.8 Å². The lowest BCUT2D eigenvalue weighted by molar-refractivity contribution is -0.141. The summed E-state index contributed by atoms with van der Waals surface area (Å²) in [6, 6.07) is 5.02. The summed E-state index contributed by atoms with van der Waals surface area (Å²) >= 11 is 0. The summed E-state index contributed by atoms with van der Waals surface area (Å²) in [5.74, 6) is -0.212. The molecule has 0 spiro atoms. The second-order valence-electron chi connectivity index (χ2n) is 4.62. The molecule has 1 rings (SSSR count). The number of hydrogen-bond acceptors (Lipinski definition) is 5. The number of carbonyl (C=O) groups excluding carboxylic acids is 1. The van der Waals surface area contributed by atoms with Crippen molar-refractivity contribution in [3.05, 3.63) is 18.2 Å². The predicted molar refractivity (Wildman–Crippen MR) is 82.6 cm³/mol. The maximum atomic E-state index is 12.3. The van der Waals surface area contributed by atoms with E-state index in [1.807, 2.05) is 6.07 Å². The SMILES string of the molecule is COc1ccc(NC(=O)N(CCC#N)C(C)C(=O)O)cc1OC. The Kier molecular flexibility index (Phi) is 6.68. The quantitative estimate of drug-likeness (QED) is 0.793. The van der Waals surface area contributed by atoms with Crippen molar-refractivity contribution < 1.29 is 24.2 Å². The van der Waals surface area contributed by atoms with Crippen LogP contribution in [0.1, 0.15) is 13.3 Å². The summed E-state index contributed by atoms with van der Waals surface area (Å²) in [5, 5.41) is 20.3. The molecule has 2 amide bonds.